The molecule has 1 amide bonds. The van der Waals surface area contributed by atoms with Crippen LogP contribution in [0.1, 0.15) is 52.8 Å². The number of hydrogen-bond acceptors (Lipinski definition) is 5. The van der Waals surface area contributed by atoms with Crippen LogP contribution in [0.2, 0.25) is 0 Å². The number of rotatable bonds is 9. The van der Waals surface area contributed by atoms with Crippen LogP contribution in [0, 0.1) is 13.8 Å². The Hall–Kier alpha value is -3.06. The second-order valence-corrected chi connectivity index (χ2v) is 9.15. The lowest BCUT2D eigenvalue weighted by Gasteiger charge is -2.14. The van der Waals surface area contributed by atoms with Gasteiger partial charge in [0.15, 0.2) is 5.78 Å². The maximum Gasteiger partial charge on any atom is 0.404 e. The highest BCUT2D eigenvalue weighted by Crippen LogP contribution is 2.36. The van der Waals surface area contributed by atoms with E-state index in [2.05, 4.69) is 45.9 Å². The molecule has 168 valence electrons. The zero-order valence-electron chi connectivity index (χ0n) is 18.9. The second-order valence-electron chi connectivity index (χ2n) is 8.09. The summed E-state index contributed by atoms with van der Waals surface area (Å²) in [6.07, 6.45) is -0.449. The molecular weight excluding hydrogens is 422 g/mol. The van der Waals surface area contributed by atoms with Gasteiger partial charge in [0.2, 0.25) is 0 Å². The molecule has 2 N–H and O–H groups in total. The van der Waals surface area contributed by atoms with Gasteiger partial charge < -0.3 is 15.0 Å². The molecule has 0 aliphatic carbocycles. The van der Waals surface area contributed by atoms with Gasteiger partial charge >= 0.3 is 6.09 Å². The van der Waals surface area contributed by atoms with Crippen molar-refractivity contribution < 1.29 is 14.3 Å². The topological polar surface area (TPSA) is 87.2 Å². The normalized spacial score (nSPS) is 11.0. The quantitative estimate of drug-likeness (QED) is 0.446. The standard InChI is InChI=1S/C25H29N3O3S/c1-16(2)23-24(32-20-13-17(3)12-18(4)14-20)28(22(27-23)10-11-31-25(26)30)15-21(29)19-8-6-5-7-9-19/h5-9,12-14,16H,10-11,15H2,1-4H3,(H2,26,30). The first kappa shape index (κ1) is 23.6. The van der Waals surface area contributed by atoms with Gasteiger partial charge in [0.25, 0.3) is 0 Å². The molecule has 6 nitrogen and oxygen atoms in total. The third kappa shape index (κ3) is 6.01. The highest BCUT2D eigenvalue weighted by Gasteiger charge is 2.23. The van der Waals surface area contributed by atoms with E-state index in [4.69, 9.17) is 15.5 Å². The van der Waals surface area contributed by atoms with Crippen LogP contribution in [0.3, 0.4) is 0 Å². The van der Waals surface area contributed by atoms with Crippen molar-refractivity contribution in [2.45, 2.75) is 56.5 Å². The lowest BCUT2D eigenvalue weighted by atomic mass is 10.1. The smallest absolute Gasteiger partial charge is 0.404 e. The number of imidazole rings is 1. The van der Waals surface area contributed by atoms with Crippen LogP contribution in [0.5, 0.6) is 0 Å². The molecule has 0 aliphatic heterocycles. The summed E-state index contributed by atoms with van der Waals surface area (Å²) in [7, 11) is 0. The maximum atomic E-state index is 13.1. The van der Waals surface area contributed by atoms with Crippen LogP contribution < -0.4 is 5.73 Å². The van der Waals surface area contributed by atoms with Crippen molar-refractivity contribution in [2.24, 2.45) is 5.73 Å². The Morgan fingerprint density at radius 2 is 1.75 bits per heavy atom. The molecular formula is C25H29N3O3S. The Bertz CT molecular complexity index is 1090. The third-order valence-corrected chi connectivity index (χ3v) is 6.04. The fraction of sp³-hybridized carbons (Fsp3) is 0.320. The molecule has 7 heteroatoms. The van der Waals surface area contributed by atoms with Crippen LogP contribution in [-0.4, -0.2) is 28.0 Å². The van der Waals surface area contributed by atoms with E-state index in [-0.39, 0.29) is 24.9 Å². The van der Waals surface area contributed by atoms with E-state index in [0.717, 1.165) is 15.6 Å². The molecule has 0 radical (unpaired) electrons. The fourth-order valence-corrected chi connectivity index (χ4v) is 4.92. The van der Waals surface area contributed by atoms with Crippen molar-refractivity contribution >= 4 is 23.6 Å². The molecule has 0 aliphatic rings. The summed E-state index contributed by atoms with van der Waals surface area (Å²) in [6, 6.07) is 15.6. The van der Waals surface area contributed by atoms with Crippen LogP contribution in [0.25, 0.3) is 0 Å². The summed E-state index contributed by atoms with van der Waals surface area (Å²) in [5.41, 5.74) is 9.05. The Morgan fingerprint density at radius 1 is 1.09 bits per heavy atom. The average molecular weight is 452 g/mol. The molecule has 3 aromatic rings. The molecule has 0 saturated carbocycles. The lowest BCUT2D eigenvalue weighted by molar-refractivity contribution is 0.0966. The predicted octanol–water partition coefficient (Wildman–Crippen LogP) is 5.30. The van der Waals surface area contributed by atoms with Crippen molar-refractivity contribution in [3.63, 3.8) is 0 Å². The van der Waals surface area contributed by atoms with E-state index in [1.165, 1.54) is 11.1 Å². The minimum absolute atomic E-state index is 0.00218. The maximum absolute atomic E-state index is 13.1. The number of nitrogens with zero attached hydrogens (tertiary/aromatic N) is 2. The van der Waals surface area contributed by atoms with E-state index in [9.17, 15) is 9.59 Å². The number of aryl methyl sites for hydroxylation is 2. The number of carbonyl (C=O) groups excluding carboxylic acids is 2. The lowest BCUT2D eigenvalue weighted by Crippen LogP contribution is -2.18. The molecule has 0 unspecified atom stereocenters. The Labute approximate surface area is 193 Å². The van der Waals surface area contributed by atoms with E-state index < -0.39 is 6.09 Å². The summed E-state index contributed by atoms with van der Waals surface area (Å²) in [4.78, 5) is 30.1. The van der Waals surface area contributed by atoms with Crippen molar-refractivity contribution in [1.82, 2.24) is 9.55 Å². The number of carbonyl (C=O) groups is 2. The number of Topliss-reactive ketones (excluding diaryl/α,β-unsaturated/α-hetero) is 1. The van der Waals surface area contributed by atoms with Gasteiger partial charge in [-0.15, -0.1) is 0 Å². The van der Waals surface area contributed by atoms with Crippen molar-refractivity contribution in [2.75, 3.05) is 6.61 Å². The number of aromatic nitrogens is 2. The Morgan fingerprint density at radius 3 is 2.34 bits per heavy atom. The summed E-state index contributed by atoms with van der Waals surface area (Å²) < 4.78 is 6.90. The highest BCUT2D eigenvalue weighted by atomic mass is 32.2. The van der Waals surface area contributed by atoms with Crippen molar-refractivity contribution in [3.8, 4) is 0 Å². The van der Waals surface area contributed by atoms with Crippen LogP contribution in [-0.2, 0) is 17.7 Å². The highest BCUT2D eigenvalue weighted by molar-refractivity contribution is 7.99. The van der Waals surface area contributed by atoms with Gasteiger partial charge in [-0.05, 0) is 43.0 Å². The van der Waals surface area contributed by atoms with Gasteiger partial charge in [-0.3, -0.25) is 4.79 Å². The van der Waals surface area contributed by atoms with E-state index in [1.807, 2.05) is 34.9 Å². The molecule has 0 bridgehead atoms. The van der Waals surface area contributed by atoms with Crippen LogP contribution >= 0.6 is 11.8 Å². The number of primary amides is 1. The van der Waals surface area contributed by atoms with Gasteiger partial charge in [0.1, 0.15) is 17.5 Å². The molecule has 0 fully saturated rings. The average Bonchev–Trinajstić information content (AvgIpc) is 3.05. The van der Waals surface area contributed by atoms with Crippen molar-refractivity contribution in [3.05, 3.63) is 76.7 Å². The zero-order valence-corrected chi connectivity index (χ0v) is 19.7. The summed E-state index contributed by atoms with van der Waals surface area (Å²) in [5.74, 6) is 0.857. The molecule has 2 aromatic carbocycles. The molecule has 1 heterocycles. The second kappa shape index (κ2) is 10.5. The molecule has 1 aromatic heterocycles. The minimum Gasteiger partial charge on any atom is -0.449 e. The van der Waals surface area contributed by atoms with Gasteiger partial charge in [0, 0.05) is 16.9 Å². The van der Waals surface area contributed by atoms with Crippen LogP contribution in [0.4, 0.5) is 4.79 Å². The van der Waals surface area contributed by atoms with Crippen LogP contribution in [0.15, 0.2) is 58.5 Å². The first-order valence-corrected chi connectivity index (χ1v) is 11.4. The zero-order chi connectivity index (χ0) is 23.3. The number of amides is 1. The Kier molecular flexibility index (Phi) is 7.75. The van der Waals surface area contributed by atoms with E-state index >= 15 is 0 Å². The molecule has 0 atom stereocenters. The monoisotopic (exact) mass is 451 g/mol. The first-order valence-electron chi connectivity index (χ1n) is 10.6. The van der Waals surface area contributed by atoms with Gasteiger partial charge in [0.05, 0.1) is 12.2 Å². The first-order chi connectivity index (χ1) is 15.2. The largest absolute Gasteiger partial charge is 0.449 e. The fourth-order valence-electron chi connectivity index (χ4n) is 3.55. The Balaban J connectivity index is 2.03. The van der Waals surface area contributed by atoms with Crippen molar-refractivity contribution in [1.29, 1.82) is 0 Å². The molecule has 3 rings (SSSR count). The minimum atomic E-state index is -0.822. The van der Waals surface area contributed by atoms with Gasteiger partial charge in [-0.1, -0.05) is 62.0 Å². The molecule has 32 heavy (non-hydrogen) atoms. The summed E-state index contributed by atoms with van der Waals surface area (Å²) in [5, 5.41) is 0.934. The van der Waals surface area contributed by atoms with Gasteiger partial charge in [-0.2, -0.15) is 0 Å². The number of ether oxygens (including phenoxy) is 1. The summed E-state index contributed by atoms with van der Waals surface area (Å²) in [6.45, 7) is 8.58. The number of nitrogens with two attached hydrogens (primary N) is 1. The predicted molar refractivity (Wildman–Crippen MR) is 126 cm³/mol. The SMILES string of the molecule is Cc1cc(C)cc(Sc2c(C(C)C)nc(CCOC(N)=O)n2CC(=O)c2ccccc2)c1. The molecule has 0 spiro atoms. The van der Waals surface area contributed by atoms with E-state index in [0.29, 0.717) is 17.8 Å². The van der Waals surface area contributed by atoms with E-state index in [1.54, 1.807) is 11.8 Å². The number of ketones is 1. The third-order valence-electron chi connectivity index (χ3n) is 4.95. The number of benzene rings is 2. The summed E-state index contributed by atoms with van der Waals surface area (Å²) >= 11 is 1.61. The van der Waals surface area contributed by atoms with Gasteiger partial charge in [-0.25, -0.2) is 9.78 Å². The molecule has 0 saturated heterocycles. The number of hydrogen-bond donors (Lipinski definition) is 1.